The van der Waals surface area contributed by atoms with Crippen LogP contribution in [0.4, 0.5) is 5.69 Å². The third-order valence-corrected chi connectivity index (χ3v) is 3.79. The van der Waals surface area contributed by atoms with Crippen molar-refractivity contribution in [2.75, 3.05) is 19.6 Å². The van der Waals surface area contributed by atoms with Gasteiger partial charge in [-0.25, -0.2) is 0 Å². The molecule has 0 aromatic heterocycles. The molecule has 2 rings (SSSR count). The third kappa shape index (κ3) is 3.66. The van der Waals surface area contributed by atoms with Gasteiger partial charge in [0.15, 0.2) is 11.9 Å². The van der Waals surface area contributed by atoms with Gasteiger partial charge in [-0.1, -0.05) is 11.6 Å². The minimum Gasteiger partial charge on any atom is -0.474 e. The third-order valence-electron chi connectivity index (χ3n) is 3.55. The quantitative estimate of drug-likeness (QED) is 0.673. The molecule has 1 amide bonds. The molecule has 1 saturated heterocycles. The molecule has 1 aromatic carbocycles. The highest BCUT2D eigenvalue weighted by molar-refractivity contribution is 6.30. The first-order valence-corrected chi connectivity index (χ1v) is 7.39. The van der Waals surface area contributed by atoms with Crippen LogP contribution in [0.3, 0.4) is 0 Å². The molecular formula is C14H18ClN3O4. The van der Waals surface area contributed by atoms with Crippen molar-refractivity contribution in [1.82, 2.24) is 10.2 Å². The van der Waals surface area contributed by atoms with Gasteiger partial charge >= 0.3 is 5.69 Å². The van der Waals surface area contributed by atoms with Crippen LogP contribution in [0.2, 0.25) is 5.02 Å². The summed E-state index contributed by atoms with van der Waals surface area (Å²) in [5.74, 6) is -0.142. The number of hydrogen-bond acceptors (Lipinski definition) is 5. The lowest BCUT2D eigenvalue weighted by Crippen LogP contribution is -2.55. The summed E-state index contributed by atoms with van der Waals surface area (Å²) in [6.07, 6.45) is -0.805. The summed E-state index contributed by atoms with van der Waals surface area (Å²) in [5.41, 5.74) is -0.250. The number of amides is 1. The van der Waals surface area contributed by atoms with Crippen LogP contribution in [0.5, 0.6) is 5.75 Å². The molecule has 0 bridgehead atoms. The Bertz CT molecular complexity index is 581. The van der Waals surface area contributed by atoms with Crippen molar-refractivity contribution in [2.24, 2.45) is 0 Å². The number of piperazine rings is 1. The number of ether oxygens (including phenoxy) is 1. The van der Waals surface area contributed by atoms with E-state index in [9.17, 15) is 14.9 Å². The maximum atomic E-state index is 12.4. The molecule has 1 fully saturated rings. The highest BCUT2D eigenvalue weighted by atomic mass is 35.5. The van der Waals surface area contributed by atoms with Crippen LogP contribution in [0.1, 0.15) is 13.8 Å². The molecule has 0 saturated carbocycles. The molecule has 1 aliphatic rings. The molecule has 8 heteroatoms. The lowest BCUT2D eigenvalue weighted by Gasteiger charge is -2.35. The summed E-state index contributed by atoms with van der Waals surface area (Å²) in [6.45, 7) is 5.58. The standard InChI is InChI=1S/C14H18ClN3O4/c1-9-8-16-5-6-17(9)14(19)10(2)22-13-4-3-11(15)7-12(13)18(20)21/h3-4,7,9-10,16H,5-6,8H2,1-2H3/t9-,10?/m1/s1. The number of nitro benzene ring substituents is 1. The van der Waals surface area contributed by atoms with Gasteiger partial charge < -0.3 is 15.0 Å². The van der Waals surface area contributed by atoms with E-state index in [1.807, 2.05) is 6.92 Å². The number of hydrogen-bond donors (Lipinski definition) is 1. The van der Waals surface area contributed by atoms with E-state index in [-0.39, 0.29) is 28.4 Å². The van der Waals surface area contributed by atoms with Crippen LogP contribution in [0, 0.1) is 10.1 Å². The highest BCUT2D eigenvalue weighted by Gasteiger charge is 2.29. The summed E-state index contributed by atoms with van der Waals surface area (Å²) >= 11 is 5.76. The minimum absolute atomic E-state index is 0.0398. The van der Waals surface area contributed by atoms with Crippen molar-refractivity contribution in [3.63, 3.8) is 0 Å². The van der Waals surface area contributed by atoms with E-state index >= 15 is 0 Å². The van der Waals surface area contributed by atoms with Crippen molar-refractivity contribution < 1.29 is 14.5 Å². The molecule has 22 heavy (non-hydrogen) atoms. The van der Waals surface area contributed by atoms with Gasteiger partial charge in [-0.05, 0) is 26.0 Å². The fourth-order valence-corrected chi connectivity index (χ4v) is 2.54. The largest absolute Gasteiger partial charge is 0.474 e. The number of halogens is 1. The Morgan fingerprint density at radius 1 is 1.59 bits per heavy atom. The maximum Gasteiger partial charge on any atom is 0.312 e. The fraction of sp³-hybridized carbons (Fsp3) is 0.500. The van der Waals surface area contributed by atoms with Crippen LogP contribution in [0.25, 0.3) is 0 Å². The van der Waals surface area contributed by atoms with Gasteiger partial charge in [0.1, 0.15) is 0 Å². The zero-order valence-corrected chi connectivity index (χ0v) is 13.2. The zero-order chi connectivity index (χ0) is 16.3. The fourth-order valence-electron chi connectivity index (χ4n) is 2.38. The molecule has 1 aromatic rings. The molecule has 1 unspecified atom stereocenters. The smallest absolute Gasteiger partial charge is 0.312 e. The first-order valence-electron chi connectivity index (χ1n) is 7.02. The Balaban J connectivity index is 2.13. The average molecular weight is 328 g/mol. The monoisotopic (exact) mass is 327 g/mol. The van der Waals surface area contributed by atoms with E-state index in [0.29, 0.717) is 6.54 Å². The average Bonchev–Trinajstić information content (AvgIpc) is 2.48. The summed E-state index contributed by atoms with van der Waals surface area (Å²) in [6, 6.07) is 4.18. The lowest BCUT2D eigenvalue weighted by molar-refractivity contribution is -0.386. The predicted octanol–water partition coefficient (Wildman–Crippen LogP) is 1.84. The van der Waals surface area contributed by atoms with E-state index in [1.165, 1.54) is 18.2 Å². The van der Waals surface area contributed by atoms with Crippen LogP contribution >= 0.6 is 11.6 Å². The predicted molar refractivity (Wildman–Crippen MR) is 82.2 cm³/mol. The van der Waals surface area contributed by atoms with Crippen LogP contribution < -0.4 is 10.1 Å². The molecule has 1 aliphatic heterocycles. The summed E-state index contributed by atoms with van der Waals surface area (Å²) in [4.78, 5) is 24.6. The van der Waals surface area contributed by atoms with Crippen LogP contribution in [-0.4, -0.2) is 47.5 Å². The van der Waals surface area contributed by atoms with Gasteiger partial charge in [0.05, 0.1) is 4.92 Å². The molecule has 1 N–H and O–H groups in total. The van der Waals surface area contributed by atoms with Crippen molar-refractivity contribution in [3.8, 4) is 5.75 Å². The SMILES string of the molecule is CC(Oc1ccc(Cl)cc1[N+](=O)[O-])C(=O)N1CCNC[C@H]1C. The van der Waals surface area contributed by atoms with Crippen molar-refractivity contribution in [1.29, 1.82) is 0 Å². The number of carbonyl (C=O) groups is 1. The number of nitrogens with zero attached hydrogens (tertiary/aromatic N) is 2. The normalized spacial score (nSPS) is 19.6. The van der Waals surface area contributed by atoms with E-state index in [0.717, 1.165) is 13.1 Å². The van der Waals surface area contributed by atoms with Crippen molar-refractivity contribution >= 4 is 23.2 Å². The molecule has 120 valence electrons. The topological polar surface area (TPSA) is 84.7 Å². The second-order valence-corrected chi connectivity index (χ2v) is 5.65. The molecule has 0 spiro atoms. The summed E-state index contributed by atoms with van der Waals surface area (Å²) in [7, 11) is 0. The molecule has 7 nitrogen and oxygen atoms in total. The number of nitrogens with one attached hydrogen (secondary N) is 1. The lowest BCUT2D eigenvalue weighted by atomic mass is 10.2. The van der Waals surface area contributed by atoms with Gasteiger partial charge in [-0.3, -0.25) is 14.9 Å². The first-order chi connectivity index (χ1) is 10.4. The van der Waals surface area contributed by atoms with Crippen molar-refractivity contribution in [2.45, 2.75) is 26.0 Å². The number of benzene rings is 1. The first kappa shape index (κ1) is 16.5. The van der Waals surface area contributed by atoms with E-state index in [1.54, 1.807) is 11.8 Å². The number of rotatable bonds is 4. The molecule has 2 atom stereocenters. The molecular weight excluding hydrogens is 310 g/mol. The van der Waals surface area contributed by atoms with Gasteiger partial charge in [0.25, 0.3) is 5.91 Å². The van der Waals surface area contributed by atoms with Gasteiger partial charge in [-0.15, -0.1) is 0 Å². The van der Waals surface area contributed by atoms with Gasteiger partial charge in [0.2, 0.25) is 0 Å². The highest BCUT2D eigenvalue weighted by Crippen LogP contribution is 2.30. The van der Waals surface area contributed by atoms with E-state index in [4.69, 9.17) is 16.3 Å². The second-order valence-electron chi connectivity index (χ2n) is 5.21. The van der Waals surface area contributed by atoms with Crippen LogP contribution in [-0.2, 0) is 4.79 Å². The Morgan fingerprint density at radius 2 is 2.32 bits per heavy atom. The molecule has 1 heterocycles. The maximum absolute atomic E-state index is 12.4. The molecule has 0 aliphatic carbocycles. The Kier molecular flexibility index (Phi) is 5.20. The minimum atomic E-state index is -0.805. The van der Waals surface area contributed by atoms with Gasteiger partial charge in [0, 0.05) is 36.8 Å². The molecule has 0 radical (unpaired) electrons. The number of carbonyl (C=O) groups excluding carboxylic acids is 1. The Morgan fingerprint density at radius 3 is 2.95 bits per heavy atom. The number of nitro groups is 1. The van der Waals surface area contributed by atoms with Crippen LogP contribution in [0.15, 0.2) is 18.2 Å². The Hall–Kier alpha value is -1.86. The van der Waals surface area contributed by atoms with Gasteiger partial charge in [-0.2, -0.15) is 0 Å². The summed E-state index contributed by atoms with van der Waals surface area (Å²) in [5, 5.41) is 14.5. The summed E-state index contributed by atoms with van der Waals surface area (Å²) < 4.78 is 5.51. The second kappa shape index (κ2) is 6.93. The Labute approximate surface area is 133 Å². The van der Waals surface area contributed by atoms with E-state index < -0.39 is 11.0 Å². The zero-order valence-electron chi connectivity index (χ0n) is 12.4. The van der Waals surface area contributed by atoms with E-state index in [2.05, 4.69) is 5.32 Å². The van der Waals surface area contributed by atoms with Crippen molar-refractivity contribution in [3.05, 3.63) is 33.3 Å².